The zero-order valence-corrected chi connectivity index (χ0v) is 18.3. The maximum atomic E-state index is 11.9. The van der Waals surface area contributed by atoms with Gasteiger partial charge in [-0.05, 0) is 31.2 Å². The molecule has 1 saturated heterocycles. The highest BCUT2D eigenvalue weighted by Gasteiger charge is 2.23. The molecule has 10 heteroatoms. The van der Waals surface area contributed by atoms with Gasteiger partial charge in [-0.25, -0.2) is 0 Å². The van der Waals surface area contributed by atoms with Gasteiger partial charge in [0.15, 0.2) is 0 Å². The lowest BCUT2D eigenvalue weighted by molar-refractivity contribution is -0.384. The fraction of sp³-hybridized carbons (Fsp3) is 0.238. The molecule has 0 radical (unpaired) electrons. The summed E-state index contributed by atoms with van der Waals surface area (Å²) in [5.41, 5.74) is 1.48. The first-order valence-electron chi connectivity index (χ1n) is 9.35. The number of carbonyl (C=O) groups excluding carboxylic acids is 1. The van der Waals surface area contributed by atoms with Crippen LogP contribution in [0.5, 0.6) is 11.5 Å². The van der Waals surface area contributed by atoms with E-state index in [1.165, 1.54) is 24.3 Å². The number of aryl methyl sites for hydroxylation is 1. The summed E-state index contributed by atoms with van der Waals surface area (Å²) >= 11 is 6.07. The summed E-state index contributed by atoms with van der Waals surface area (Å²) in [6.07, 6.45) is 1.53. The molecular formula is C21H20N2O6S2. The van der Waals surface area contributed by atoms with Crippen molar-refractivity contribution in [2.24, 2.45) is 0 Å². The van der Waals surface area contributed by atoms with Crippen LogP contribution in [0.25, 0.3) is 6.08 Å². The van der Waals surface area contributed by atoms with Crippen LogP contribution >= 0.6 is 24.0 Å². The molecule has 0 bridgehead atoms. The van der Waals surface area contributed by atoms with E-state index in [0.717, 1.165) is 23.1 Å². The zero-order chi connectivity index (χ0) is 22.2. The molecule has 1 fully saturated rings. The van der Waals surface area contributed by atoms with Crippen LogP contribution in [-0.4, -0.2) is 41.6 Å². The van der Waals surface area contributed by atoms with Gasteiger partial charge in [-0.15, -0.1) is 0 Å². The maximum Gasteiger partial charge on any atom is 0.270 e. The van der Waals surface area contributed by atoms with Crippen LogP contribution in [0.1, 0.15) is 11.1 Å². The largest absolute Gasteiger partial charge is 0.491 e. The van der Waals surface area contributed by atoms with Gasteiger partial charge in [0.2, 0.25) is 0 Å². The average molecular weight is 461 g/mol. The Morgan fingerprint density at radius 3 is 2.45 bits per heavy atom. The quantitative estimate of drug-likeness (QED) is 0.188. The van der Waals surface area contributed by atoms with Crippen molar-refractivity contribution in [3.05, 3.63) is 68.6 Å². The fourth-order valence-corrected chi connectivity index (χ4v) is 3.66. The number of non-ortho nitro benzene ring substituents is 1. The molecule has 1 amide bonds. The standard InChI is InChI=1S/C21H20N2O6S2/c1-14-2-5-17(6-3-14)28-10-8-27-9-11-29-18-7-4-16(23(25)26)12-15(18)13-19-20(24)22-21(30)31-19/h2-7,12-13H,8-11H2,1H3,(H,22,24,30)/b19-13+. The van der Waals surface area contributed by atoms with E-state index in [1.807, 2.05) is 31.2 Å². The molecule has 3 rings (SSSR count). The Hall–Kier alpha value is -2.95. The number of benzene rings is 2. The van der Waals surface area contributed by atoms with Crippen LogP contribution in [0.2, 0.25) is 0 Å². The first kappa shape index (κ1) is 22.7. The second-order valence-electron chi connectivity index (χ2n) is 6.45. The van der Waals surface area contributed by atoms with E-state index >= 15 is 0 Å². The lowest BCUT2D eigenvalue weighted by Crippen LogP contribution is -2.17. The van der Waals surface area contributed by atoms with Gasteiger partial charge in [-0.2, -0.15) is 0 Å². The highest BCUT2D eigenvalue weighted by atomic mass is 32.2. The van der Waals surface area contributed by atoms with E-state index in [1.54, 1.807) is 0 Å². The SMILES string of the molecule is Cc1ccc(OCCOCCOc2ccc([N+](=O)[O-])cc2/C=C2/SC(=S)NC2=O)cc1. The molecule has 31 heavy (non-hydrogen) atoms. The predicted molar refractivity (Wildman–Crippen MR) is 122 cm³/mol. The Bertz CT molecular complexity index is 1010. The summed E-state index contributed by atoms with van der Waals surface area (Å²) in [5.74, 6) is 0.843. The summed E-state index contributed by atoms with van der Waals surface area (Å²) in [6, 6.07) is 12.0. The number of thiocarbonyl (C=S) groups is 1. The molecule has 1 heterocycles. The topological polar surface area (TPSA) is 99.9 Å². The Morgan fingerprint density at radius 1 is 1.10 bits per heavy atom. The van der Waals surface area contributed by atoms with Crippen molar-refractivity contribution in [2.45, 2.75) is 6.92 Å². The van der Waals surface area contributed by atoms with E-state index in [9.17, 15) is 14.9 Å². The second-order valence-corrected chi connectivity index (χ2v) is 8.17. The first-order valence-corrected chi connectivity index (χ1v) is 10.6. The summed E-state index contributed by atoms with van der Waals surface area (Å²) in [7, 11) is 0. The Morgan fingerprint density at radius 2 is 1.81 bits per heavy atom. The lowest BCUT2D eigenvalue weighted by atomic mass is 10.1. The van der Waals surface area contributed by atoms with Crippen LogP contribution in [0.15, 0.2) is 47.4 Å². The fourth-order valence-electron chi connectivity index (χ4n) is 2.62. The molecule has 162 valence electrons. The average Bonchev–Trinajstić information content (AvgIpc) is 3.06. The van der Waals surface area contributed by atoms with Gasteiger partial charge in [0, 0.05) is 17.7 Å². The van der Waals surface area contributed by atoms with E-state index in [2.05, 4.69) is 5.32 Å². The molecule has 1 aliphatic rings. The van der Waals surface area contributed by atoms with E-state index < -0.39 is 4.92 Å². The summed E-state index contributed by atoms with van der Waals surface area (Å²) in [5, 5.41) is 13.6. The highest BCUT2D eigenvalue weighted by molar-refractivity contribution is 8.26. The second kappa shape index (κ2) is 10.9. The summed E-state index contributed by atoms with van der Waals surface area (Å²) < 4.78 is 17.1. The van der Waals surface area contributed by atoms with Crippen molar-refractivity contribution >= 4 is 46.0 Å². The molecule has 2 aromatic carbocycles. The number of nitrogens with one attached hydrogen (secondary N) is 1. The van der Waals surface area contributed by atoms with Crippen LogP contribution in [0, 0.1) is 17.0 Å². The minimum Gasteiger partial charge on any atom is -0.491 e. The van der Waals surface area contributed by atoms with Gasteiger partial charge in [-0.1, -0.05) is 41.7 Å². The first-order chi connectivity index (χ1) is 14.9. The number of nitrogens with zero attached hydrogens (tertiary/aromatic N) is 1. The number of hydrogen-bond acceptors (Lipinski definition) is 8. The highest BCUT2D eigenvalue weighted by Crippen LogP contribution is 2.31. The zero-order valence-electron chi connectivity index (χ0n) is 16.7. The van der Waals surface area contributed by atoms with Crippen LogP contribution < -0.4 is 14.8 Å². The number of amides is 1. The van der Waals surface area contributed by atoms with Crippen molar-refractivity contribution in [3.63, 3.8) is 0 Å². The maximum absolute atomic E-state index is 11.9. The van der Waals surface area contributed by atoms with Crippen molar-refractivity contribution in [1.29, 1.82) is 0 Å². The molecule has 0 spiro atoms. The third-order valence-corrected chi connectivity index (χ3v) is 5.30. The molecule has 0 unspecified atom stereocenters. The summed E-state index contributed by atoms with van der Waals surface area (Å²) in [4.78, 5) is 22.9. The predicted octanol–water partition coefficient (Wildman–Crippen LogP) is 3.87. The van der Waals surface area contributed by atoms with Crippen molar-refractivity contribution in [2.75, 3.05) is 26.4 Å². The number of thioether (sulfide) groups is 1. The van der Waals surface area contributed by atoms with Gasteiger partial charge in [0.25, 0.3) is 11.6 Å². The third-order valence-electron chi connectivity index (χ3n) is 4.14. The lowest BCUT2D eigenvalue weighted by Gasteiger charge is -2.11. The van der Waals surface area contributed by atoms with Crippen molar-refractivity contribution in [3.8, 4) is 11.5 Å². The number of nitro benzene ring substituents is 1. The molecule has 1 aliphatic heterocycles. The van der Waals surface area contributed by atoms with Crippen LogP contribution in [0.3, 0.4) is 0 Å². The smallest absolute Gasteiger partial charge is 0.270 e. The van der Waals surface area contributed by atoms with Crippen LogP contribution in [0.4, 0.5) is 5.69 Å². The van der Waals surface area contributed by atoms with E-state index in [0.29, 0.717) is 40.4 Å². The van der Waals surface area contributed by atoms with Crippen LogP contribution in [-0.2, 0) is 9.53 Å². The Kier molecular flexibility index (Phi) is 7.99. The molecular weight excluding hydrogens is 440 g/mol. The van der Waals surface area contributed by atoms with E-state index in [-0.39, 0.29) is 18.2 Å². The Balaban J connectivity index is 1.51. The van der Waals surface area contributed by atoms with Crippen molar-refractivity contribution in [1.82, 2.24) is 5.32 Å². The molecule has 0 aromatic heterocycles. The van der Waals surface area contributed by atoms with Gasteiger partial charge < -0.3 is 19.5 Å². The normalized spacial score (nSPS) is 14.5. The number of nitro groups is 1. The van der Waals surface area contributed by atoms with Gasteiger partial charge in [0.05, 0.1) is 23.0 Å². The van der Waals surface area contributed by atoms with E-state index in [4.69, 9.17) is 26.4 Å². The molecule has 2 aromatic rings. The molecule has 8 nitrogen and oxygen atoms in total. The summed E-state index contributed by atoms with van der Waals surface area (Å²) in [6.45, 7) is 3.35. The number of carbonyl (C=O) groups is 1. The van der Waals surface area contributed by atoms with Gasteiger partial charge >= 0.3 is 0 Å². The van der Waals surface area contributed by atoms with Crippen molar-refractivity contribution < 1.29 is 23.9 Å². The molecule has 1 N–H and O–H groups in total. The Labute approximate surface area is 188 Å². The minimum absolute atomic E-state index is 0.102. The van der Waals surface area contributed by atoms with Gasteiger partial charge in [0.1, 0.15) is 29.0 Å². The number of hydrogen-bond donors (Lipinski definition) is 1. The minimum atomic E-state index is -0.505. The third kappa shape index (κ3) is 6.78. The molecule has 0 saturated carbocycles. The molecule has 0 atom stereocenters. The van der Waals surface area contributed by atoms with Gasteiger partial charge in [-0.3, -0.25) is 14.9 Å². The number of rotatable bonds is 10. The molecule has 0 aliphatic carbocycles. The number of ether oxygens (including phenoxy) is 3. The monoisotopic (exact) mass is 460 g/mol.